The molecule has 0 aliphatic carbocycles. The molecule has 2 amide bonds. The molecule has 10 heteroatoms. The third kappa shape index (κ3) is 5.56. The molecule has 5 rings (SSSR count). The van der Waals surface area contributed by atoms with Gasteiger partial charge in [-0.15, -0.1) is 0 Å². The second-order valence-electron chi connectivity index (χ2n) is 9.94. The van der Waals surface area contributed by atoms with Crippen LogP contribution in [0, 0.1) is 0 Å². The maximum absolute atomic E-state index is 13.3. The zero-order valence-electron chi connectivity index (χ0n) is 21.6. The summed E-state index contributed by atoms with van der Waals surface area (Å²) in [6.45, 7) is 2.49. The number of fused-ring (bicyclic) bond motifs is 2. The van der Waals surface area contributed by atoms with Crippen LogP contribution in [-0.4, -0.2) is 40.4 Å². The standard InChI is InChI=1S/C30H27Cl2N3O5/c1-16(33)19-4-2-3-17(11-19)12-24(30(38)39)34-28(36)26-23(31)13-21-15-35(9-7-22(21)27(26)32)29(37)20-6-5-18-8-10-40-25(18)14-20/h2-6,8,10-11,13-14,16,24H,7,9,12,15,33H2,1H3,(H,34,36)(H,38,39)/t16?,24-/m0/s1. The number of amides is 2. The topological polar surface area (TPSA) is 126 Å². The molecule has 0 bridgehead atoms. The molecule has 2 heterocycles. The highest BCUT2D eigenvalue weighted by Gasteiger charge is 2.30. The molecule has 3 aromatic carbocycles. The van der Waals surface area contributed by atoms with Gasteiger partial charge in [0.2, 0.25) is 0 Å². The van der Waals surface area contributed by atoms with Crippen LogP contribution in [0.25, 0.3) is 11.0 Å². The first-order valence-corrected chi connectivity index (χ1v) is 13.5. The summed E-state index contributed by atoms with van der Waals surface area (Å²) in [6.07, 6.45) is 2.04. The van der Waals surface area contributed by atoms with Gasteiger partial charge in [0.25, 0.3) is 11.8 Å². The van der Waals surface area contributed by atoms with Gasteiger partial charge in [-0.05, 0) is 59.9 Å². The largest absolute Gasteiger partial charge is 0.480 e. The Balaban J connectivity index is 1.34. The summed E-state index contributed by atoms with van der Waals surface area (Å²) in [7, 11) is 0. The highest BCUT2D eigenvalue weighted by molar-refractivity contribution is 6.40. The minimum absolute atomic E-state index is 0.0145. The van der Waals surface area contributed by atoms with E-state index in [-0.39, 0.29) is 40.5 Å². The van der Waals surface area contributed by atoms with Gasteiger partial charge in [0, 0.05) is 36.5 Å². The van der Waals surface area contributed by atoms with Crippen LogP contribution in [0.4, 0.5) is 0 Å². The van der Waals surface area contributed by atoms with E-state index < -0.39 is 17.9 Å². The van der Waals surface area contributed by atoms with Gasteiger partial charge in [0.1, 0.15) is 11.6 Å². The molecule has 40 heavy (non-hydrogen) atoms. The molecule has 8 nitrogen and oxygen atoms in total. The van der Waals surface area contributed by atoms with Crippen molar-refractivity contribution in [1.29, 1.82) is 0 Å². The molecule has 1 aromatic heterocycles. The van der Waals surface area contributed by atoms with Crippen molar-refractivity contribution < 1.29 is 23.9 Å². The Morgan fingerprint density at radius 1 is 1.12 bits per heavy atom. The number of halogens is 2. The Morgan fingerprint density at radius 3 is 2.67 bits per heavy atom. The molecule has 0 radical (unpaired) electrons. The van der Waals surface area contributed by atoms with E-state index in [1.165, 1.54) is 0 Å². The van der Waals surface area contributed by atoms with Crippen molar-refractivity contribution >= 4 is 52.0 Å². The molecule has 2 atom stereocenters. The van der Waals surface area contributed by atoms with Crippen LogP contribution in [0.2, 0.25) is 10.0 Å². The lowest BCUT2D eigenvalue weighted by molar-refractivity contribution is -0.139. The molecule has 1 aliphatic heterocycles. The van der Waals surface area contributed by atoms with Crippen molar-refractivity contribution in [3.05, 3.63) is 104 Å². The van der Waals surface area contributed by atoms with E-state index >= 15 is 0 Å². The number of rotatable bonds is 7. The van der Waals surface area contributed by atoms with E-state index in [9.17, 15) is 19.5 Å². The summed E-state index contributed by atoms with van der Waals surface area (Å²) in [5.41, 5.74) is 10.1. The summed E-state index contributed by atoms with van der Waals surface area (Å²) in [4.78, 5) is 40.2. The van der Waals surface area contributed by atoms with E-state index in [0.717, 1.165) is 22.1 Å². The molecule has 206 valence electrons. The minimum atomic E-state index is -1.21. The van der Waals surface area contributed by atoms with Gasteiger partial charge >= 0.3 is 5.97 Å². The molecular formula is C30H27Cl2N3O5. The quantitative estimate of drug-likeness (QED) is 0.270. The average Bonchev–Trinajstić information content (AvgIpc) is 3.40. The van der Waals surface area contributed by atoms with E-state index in [2.05, 4.69) is 5.32 Å². The maximum atomic E-state index is 13.3. The first kappa shape index (κ1) is 27.7. The van der Waals surface area contributed by atoms with Crippen molar-refractivity contribution in [1.82, 2.24) is 10.2 Å². The third-order valence-corrected chi connectivity index (χ3v) is 7.86. The van der Waals surface area contributed by atoms with Crippen LogP contribution in [0.1, 0.15) is 55.9 Å². The number of aliphatic carboxylic acids is 1. The van der Waals surface area contributed by atoms with Gasteiger partial charge in [-0.25, -0.2) is 4.79 Å². The fourth-order valence-electron chi connectivity index (χ4n) is 4.97. The van der Waals surface area contributed by atoms with E-state index in [1.54, 1.807) is 41.5 Å². The van der Waals surface area contributed by atoms with Crippen LogP contribution in [0.3, 0.4) is 0 Å². The van der Waals surface area contributed by atoms with Crippen molar-refractivity contribution in [2.75, 3.05) is 6.54 Å². The van der Waals surface area contributed by atoms with Crippen LogP contribution in [0.15, 0.2) is 65.3 Å². The van der Waals surface area contributed by atoms with Crippen molar-refractivity contribution in [2.45, 2.75) is 38.4 Å². The molecule has 0 spiro atoms. The Hall–Kier alpha value is -3.85. The predicted octanol–water partition coefficient (Wildman–Crippen LogP) is 5.38. The predicted molar refractivity (Wildman–Crippen MR) is 153 cm³/mol. The maximum Gasteiger partial charge on any atom is 0.326 e. The van der Waals surface area contributed by atoms with Gasteiger partial charge in [-0.1, -0.05) is 53.5 Å². The third-order valence-electron chi connectivity index (χ3n) is 7.14. The molecule has 0 fully saturated rings. The van der Waals surface area contributed by atoms with E-state index in [0.29, 0.717) is 29.7 Å². The Labute approximate surface area is 240 Å². The summed E-state index contributed by atoms with van der Waals surface area (Å²) >= 11 is 13.2. The number of furan rings is 1. The summed E-state index contributed by atoms with van der Waals surface area (Å²) < 4.78 is 5.42. The average molecular weight is 580 g/mol. The summed E-state index contributed by atoms with van der Waals surface area (Å²) in [6, 6.07) is 14.6. The van der Waals surface area contributed by atoms with Gasteiger partial charge in [-0.2, -0.15) is 0 Å². The Morgan fingerprint density at radius 2 is 1.93 bits per heavy atom. The number of carboxylic acids is 1. The number of benzene rings is 3. The lowest BCUT2D eigenvalue weighted by atomic mass is 9.95. The van der Waals surface area contributed by atoms with Crippen molar-refractivity contribution in [3.8, 4) is 0 Å². The zero-order valence-corrected chi connectivity index (χ0v) is 23.1. The fourth-order valence-corrected chi connectivity index (χ4v) is 5.74. The zero-order chi connectivity index (χ0) is 28.6. The molecule has 1 unspecified atom stereocenters. The SMILES string of the molecule is CC(N)c1cccc(C[C@H](NC(=O)c2c(Cl)cc3c(c2Cl)CCN(C(=O)c2ccc4ccoc4c2)C3)C(=O)O)c1. The number of nitrogens with one attached hydrogen (secondary N) is 1. The highest BCUT2D eigenvalue weighted by atomic mass is 35.5. The van der Waals surface area contributed by atoms with Crippen LogP contribution in [-0.2, 0) is 24.2 Å². The molecule has 0 saturated carbocycles. The number of carbonyl (C=O) groups excluding carboxylic acids is 2. The first-order chi connectivity index (χ1) is 19.1. The number of carbonyl (C=O) groups is 3. The number of carboxylic acid groups (broad SMARTS) is 1. The van der Waals surface area contributed by atoms with Gasteiger partial charge < -0.3 is 25.5 Å². The summed E-state index contributed by atoms with van der Waals surface area (Å²) in [5.74, 6) is -2.03. The second kappa shape index (κ2) is 11.3. The first-order valence-electron chi connectivity index (χ1n) is 12.8. The number of hydrogen-bond acceptors (Lipinski definition) is 5. The summed E-state index contributed by atoms with van der Waals surface area (Å²) in [5, 5.41) is 13.5. The fraction of sp³-hybridized carbons (Fsp3) is 0.233. The smallest absolute Gasteiger partial charge is 0.326 e. The van der Waals surface area contributed by atoms with E-state index in [4.69, 9.17) is 33.4 Å². The van der Waals surface area contributed by atoms with Crippen LogP contribution < -0.4 is 11.1 Å². The van der Waals surface area contributed by atoms with Gasteiger partial charge in [0.05, 0.1) is 21.9 Å². The molecule has 1 aliphatic rings. The Bertz CT molecular complexity index is 1630. The lowest BCUT2D eigenvalue weighted by Crippen LogP contribution is -2.42. The monoisotopic (exact) mass is 579 g/mol. The number of nitrogens with zero attached hydrogens (tertiary/aromatic N) is 1. The number of nitrogens with two attached hydrogens (primary N) is 1. The minimum Gasteiger partial charge on any atom is -0.480 e. The second-order valence-corrected chi connectivity index (χ2v) is 10.7. The molecule has 0 saturated heterocycles. The normalized spacial score (nSPS) is 14.4. The van der Waals surface area contributed by atoms with E-state index in [1.807, 2.05) is 31.2 Å². The van der Waals surface area contributed by atoms with Crippen molar-refractivity contribution in [3.63, 3.8) is 0 Å². The lowest BCUT2D eigenvalue weighted by Gasteiger charge is -2.30. The van der Waals surface area contributed by atoms with Crippen LogP contribution >= 0.6 is 23.2 Å². The molecule has 4 N–H and O–H groups in total. The van der Waals surface area contributed by atoms with Gasteiger partial charge in [-0.3, -0.25) is 9.59 Å². The molecule has 4 aromatic rings. The van der Waals surface area contributed by atoms with Gasteiger partial charge in [0.15, 0.2) is 0 Å². The Kier molecular flexibility index (Phi) is 7.85. The highest BCUT2D eigenvalue weighted by Crippen LogP contribution is 2.35. The van der Waals surface area contributed by atoms with Crippen molar-refractivity contribution in [2.24, 2.45) is 5.73 Å². The van der Waals surface area contributed by atoms with Crippen LogP contribution in [0.5, 0.6) is 0 Å². The number of hydrogen-bond donors (Lipinski definition) is 3. The molecular weight excluding hydrogens is 553 g/mol.